The first-order valence-corrected chi connectivity index (χ1v) is 28.9. The summed E-state index contributed by atoms with van der Waals surface area (Å²) in [6.45, 7) is 42.3. The number of aromatic nitrogens is 3. The summed E-state index contributed by atoms with van der Waals surface area (Å²) in [6.07, 6.45) is 17.9. The van der Waals surface area contributed by atoms with Gasteiger partial charge in [-0.2, -0.15) is 0 Å². The Morgan fingerprint density at radius 2 is 0.988 bits per heavy atom. The minimum Gasteiger partial charge on any atom is -0.478 e. The molecule has 0 amide bonds. The molecule has 80 heavy (non-hydrogen) atoms. The molecule has 3 aromatic carbocycles. The zero-order valence-corrected chi connectivity index (χ0v) is 51.4. The first kappa shape index (κ1) is 61.0. The summed E-state index contributed by atoms with van der Waals surface area (Å²) in [5, 5.41) is 27.0. The maximum Gasteiger partial charge on any atom is 0.338 e. The summed E-state index contributed by atoms with van der Waals surface area (Å²) < 4.78 is 0. The minimum absolute atomic E-state index is 0.0955. The molecule has 3 N–H and O–H groups in total. The summed E-state index contributed by atoms with van der Waals surface area (Å²) >= 11 is 0. The number of hydrogen-bond donors (Lipinski definition) is 3. The van der Waals surface area contributed by atoms with E-state index in [4.69, 9.17) is 15.3 Å². The lowest BCUT2D eigenvalue weighted by Crippen LogP contribution is -2.34. The van der Waals surface area contributed by atoms with Gasteiger partial charge in [-0.25, -0.2) is 29.3 Å². The Balaban J connectivity index is 0.000000173. The standard InChI is InChI=1S/C25H34O2.C23H30N2O2.C21H27N3O2/c1-16(12-22(26)27)8-9-18-15-25(18,7)19-14-21-20(13-17(19)2)23(3,4)10-11-24(21,5)6;1-7-25(20-9-8-16(14-24-20)21(26)27)19-13-18-17(12-15(19)2)22(3,4)10-11-23(18,5)6;1-6-24(19-22-12-14(13-23-19)18(25)26)15-7-8-16-17(11-15)21(4,5)10-9-20(16,2)3/h8-9,12-14,18H,10-11,15H2,1-7H3,(H,26,27);8-9,12-14H,7,10-11H2,1-6H3,(H,26,27);7-8,11-13H,6,9-10H2,1-5H3,(H,25,26)/b9-8+,16-12+;;/t18-,25+;;/m1../s1. The molecule has 2 atom stereocenters. The third-order valence-electron chi connectivity index (χ3n) is 18.7. The molecular formula is C69H91N5O6. The van der Waals surface area contributed by atoms with Gasteiger partial charge < -0.3 is 25.1 Å². The Hall–Kier alpha value is -6.62. The monoisotopic (exact) mass is 1090 g/mol. The molecule has 5 aromatic rings. The molecule has 0 saturated heterocycles. The molecule has 2 aromatic heterocycles. The predicted molar refractivity (Wildman–Crippen MR) is 326 cm³/mol. The van der Waals surface area contributed by atoms with Crippen molar-refractivity contribution in [1.82, 2.24) is 15.0 Å². The van der Waals surface area contributed by atoms with E-state index in [0.717, 1.165) is 42.2 Å². The van der Waals surface area contributed by atoms with Crippen molar-refractivity contribution in [3.63, 3.8) is 0 Å². The maximum absolute atomic E-state index is 11.1. The zero-order chi connectivity index (χ0) is 59.3. The van der Waals surface area contributed by atoms with Crippen LogP contribution in [0.3, 0.4) is 0 Å². The molecule has 11 nitrogen and oxygen atoms in total. The van der Waals surface area contributed by atoms with Gasteiger partial charge in [0.05, 0.1) is 11.1 Å². The quantitative estimate of drug-likeness (QED) is 0.0807. The average molecular weight is 1090 g/mol. The average Bonchev–Trinajstić information content (AvgIpc) is 4.12. The second-order valence-electron chi connectivity index (χ2n) is 27.5. The third-order valence-corrected chi connectivity index (χ3v) is 18.7. The number of rotatable bonds is 12. The molecule has 428 valence electrons. The molecule has 4 aliphatic rings. The van der Waals surface area contributed by atoms with Gasteiger partial charge in [-0.3, -0.25) is 0 Å². The molecule has 2 heterocycles. The van der Waals surface area contributed by atoms with Crippen LogP contribution in [0.5, 0.6) is 0 Å². The lowest BCUT2D eigenvalue weighted by atomic mass is 9.62. The van der Waals surface area contributed by atoms with Gasteiger partial charge in [-0.1, -0.05) is 126 Å². The molecule has 0 aliphatic heterocycles. The highest BCUT2D eigenvalue weighted by molar-refractivity contribution is 5.88. The molecule has 0 spiro atoms. The number of allylic oxidation sites excluding steroid dienone is 3. The van der Waals surface area contributed by atoms with E-state index in [2.05, 4.69) is 179 Å². The van der Waals surface area contributed by atoms with E-state index in [-0.39, 0.29) is 49.0 Å². The molecule has 1 saturated carbocycles. The minimum atomic E-state index is -1.02. The second kappa shape index (κ2) is 22.4. The van der Waals surface area contributed by atoms with Crippen LogP contribution in [0.25, 0.3) is 0 Å². The molecule has 0 radical (unpaired) electrons. The van der Waals surface area contributed by atoms with E-state index in [1.807, 2.05) is 24.8 Å². The molecule has 4 aliphatic carbocycles. The van der Waals surface area contributed by atoms with Gasteiger partial charge in [0.25, 0.3) is 0 Å². The highest BCUT2D eigenvalue weighted by Gasteiger charge is 2.51. The van der Waals surface area contributed by atoms with Crippen molar-refractivity contribution >= 4 is 41.0 Å². The van der Waals surface area contributed by atoms with Crippen molar-refractivity contribution in [3.05, 3.63) is 158 Å². The summed E-state index contributed by atoms with van der Waals surface area (Å²) in [5.41, 5.74) is 17.4. The summed E-state index contributed by atoms with van der Waals surface area (Å²) in [4.78, 5) is 50.0. The fourth-order valence-corrected chi connectivity index (χ4v) is 12.7. The van der Waals surface area contributed by atoms with Crippen molar-refractivity contribution < 1.29 is 29.7 Å². The largest absolute Gasteiger partial charge is 0.478 e. The van der Waals surface area contributed by atoms with Gasteiger partial charge >= 0.3 is 17.9 Å². The lowest BCUT2D eigenvalue weighted by molar-refractivity contribution is -0.131. The molecule has 0 bridgehead atoms. The number of benzene rings is 3. The highest BCUT2D eigenvalue weighted by atomic mass is 16.4. The van der Waals surface area contributed by atoms with Gasteiger partial charge in [0.1, 0.15) is 5.82 Å². The van der Waals surface area contributed by atoms with Crippen LogP contribution >= 0.6 is 0 Å². The highest BCUT2D eigenvalue weighted by Crippen LogP contribution is 2.58. The van der Waals surface area contributed by atoms with Crippen molar-refractivity contribution in [2.24, 2.45) is 5.92 Å². The van der Waals surface area contributed by atoms with Crippen LogP contribution in [-0.4, -0.2) is 61.3 Å². The van der Waals surface area contributed by atoms with E-state index in [1.165, 1.54) is 107 Å². The van der Waals surface area contributed by atoms with Crippen molar-refractivity contribution in [2.45, 2.75) is 207 Å². The van der Waals surface area contributed by atoms with E-state index < -0.39 is 17.9 Å². The number of fused-ring (bicyclic) bond motifs is 3. The Morgan fingerprint density at radius 1 is 0.537 bits per heavy atom. The number of carboxylic acids is 3. The van der Waals surface area contributed by atoms with Crippen LogP contribution < -0.4 is 9.80 Å². The number of carboxylic acid groups (broad SMARTS) is 3. The number of aryl methyl sites for hydroxylation is 2. The van der Waals surface area contributed by atoms with Crippen molar-refractivity contribution in [1.29, 1.82) is 0 Å². The summed E-state index contributed by atoms with van der Waals surface area (Å²) in [5.74, 6) is -1.08. The second-order valence-corrected chi connectivity index (χ2v) is 27.5. The Morgan fingerprint density at radius 3 is 1.45 bits per heavy atom. The maximum atomic E-state index is 11.1. The normalized spacial score (nSPS) is 21.2. The van der Waals surface area contributed by atoms with Crippen LogP contribution in [0, 0.1) is 19.8 Å². The van der Waals surface area contributed by atoms with Crippen LogP contribution in [-0.2, 0) is 42.7 Å². The Bertz CT molecular complexity index is 3210. The lowest BCUT2D eigenvalue weighted by Gasteiger charge is -2.43. The van der Waals surface area contributed by atoms with Gasteiger partial charge in [-0.05, 0) is 209 Å². The number of nitrogens with zero attached hydrogens (tertiary/aromatic N) is 5. The molecule has 11 heteroatoms. The van der Waals surface area contributed by atoms with Crippen LogP contribution in [0.15, 0.2) is 97.0 Å². The van der Waals surface area contributed by atoms with E-state index in [1.54, 1.807) is 12.1 Å². The third kappa shape index (κ3) is 12.6. The number of pyridine rings is 1. The summed E-state index contributed by atoms with van der Waals surface area (Å²) in [7, 11) is 0. The summed E-state index contributed by atoms with van der Waals surface area (Å²) in [6, 6.07) is 19.7. The zero-order valence-electron chi connectivity index (χ0n) is 51.4. The van der Waals surface area contributed by atoms with E-state index in [0.29, 0.717) is 18.4 Å². The van der Waals surface area contributed by atoms with Gasteiger partial charge in [-0.15, -0.1) is 0 Å². The van der Waals surface area contributed by atoms with Gasteiger partial charge in [0, 0.05) is 49.1 Å². The predicted octanol–water partition coefficient (Wildman–Crippen LogP) is 16.5. The van der Waals surface area contributed by atoms with Crippen LogP contribution in [0.4, 0.5) is 23.1 Å². The number of aliphatic carboxylic acids is 1. The van der Waals surface area contributed by atoms with Crippen LogP contribution in [0.2, 0.25) is 0 Å². The number of carbonyl (C=O) groups is 3. The molecule has 9 rings (SSSR count). The van der Waals surface area contributed by atoms with Crippen molar-refractivity contribution in [3.8, 4) is 0 Å². The molecule has 0 unspecified atom stereocenters. The number of hydrogen-bond acceptors (Lipinski definition) is 8. The van der Waals surface area contributed by atoms with E-state index in [9.17, 15) is 14.4 Å². The van der Waals surface area contributed by atoms with Crippen LogP contribution in [0.1, 0.15) is 227 Å². The topological polar surface area (TPSA) is 157 Å². The SMILES string of the molecule is CC(/C=C/[C@@H]1C[C@]1(C)c1cc2c(cc1C)C(C)(C)CCC2(C)C)=C\C(=O)O.CCN(c1ccc(C(=O)O)cn1)c1cc2c(cc1C)C(C)(C)CCC2(C)C.CCN(c1ccc2c(c1)C(C)(C)CCC2(C)C)c1ncc(C(=O)O)cn1. The molecule has 1 fully saturated rings. The Kier molecular flexibility index (Phi) is 17.1. The van der Waals surface area contributed by atoms with Crippen molar-refractivity contribution in [2.75, 3.05) is 22.9 Å². The fraction of sp³-hybridized carbons (Fsp3) is 0.507. The first-order valence-electron chi connectivity index (χ1n) is 28.9. The van der Waals surface area contributed by atoms with Gasteiger partial charge in [0.2, 0.25) is 5.95 Å². The number of anilines is 4. The smallest absolute Gasteiger partial charge is 0.338 e. The molecular weight excluding hydrogens is 995 g/mol. The number of aromatic carboxylic acids is 2. The first-order chi connectivity index (χ1) is 37.1. The fourth-order valence-electron chi connectivity index (χ4n) is 12.7. The van der Waals surface area contributed by atoms with E-state index >= 15 is 0 Å². The van der Waals surface area contributed by atoms with Gasteiger partial charge in [0.15, 0.2) is 0 Å². The Labute approximate surface area is 478 Å².